The van der Waals surface area contributed by atoms with Crippen LogP contribution in [0.25, 0.3) is 0 Å². The lowest BCUT2D eigenvalue weighted by Crippen LogP contribution is -2.42. The largest absolute Gasteiger partial charge is 0.491 e. The minimum Gasteiger partial charge on any atom is -0.491 e. The van der Waals surface area contributed by atoms with Crippen LogP contribution in [0.15, 0.2) is 18.2 Å². The molecule has 28 heavy (non-hydrogen) atoms. The number of nitrogens with zero attached hydrogens (tertiary/aromatic N) is 3. The first kappa shape index (κ1) is 19.6. The molecule has 2 aromatic heterocycles. The summed E-state index contributed by atoms with van der Waals surface area (Å²) in [5, 5.41) is 23.5. The van der Waals surface area contributed by atoms with E-state index in [9.17, 15) is 9.90 Å². The number of ether oxygens (including phenoxy) is 2. The highest BCUT2D eigenvalue weighted by Crippen LogP contribution is 2.29. The second kappa shape index (κ2) is 8.70. The molecule has 10 heteroatoms. The third kappa shape index (κ3) is 4.39. The maximum Gasteiger partial charge on any atom is 0.358 e. The average Bonchev–Trinajstić information content (AvgIpc) is 2.69. The molecular weight excluding hydrogens is 364 g/mol. The van der Waals surface area contributed by atoms with Gasteiger partial charge in [-0.15, -0.1) is 10.2 Å². The van der Waals surface area contributed by atoms with Crippen LogP contribution in [0.1, 0.15) is 36.2 Å². The molecule has 1 aliphatic carbocycles. The molecule has 10 nitrogen and oxygen atoms in total. The summed E-state index contributed by atoms with van der Waals surface area (Å²) in [6.45, 7) is 0. The first-order chi connectivity index (χ1) is 13.5. The van der Waals surface area contributed by atoms with E-state index < -0.39 is 5.97 Å². The molecule has 0 radical (unpaired) electrons. The number of methoxy groups -OCH3 is 2. The van der Waals surface area contributed by atoms with E-state index in [-0.39, 0.29) is 29.3 Å². The Morgan fingerprint density at radius 3 is 2.64 bits per heavy atom. The zero-order valence-corrected chi connectivity index (χ0v) is 15.8. The van der Waals surface area contributed by atoms with Crippen LogP contribution >= 0.6 is 0 Å². The summed E-state index contributed by atoms with van der Waals surface area (Å²) < 4.78 is 10.3. The quantitative estimate of drug-likeness (QED) is 0.556. The molecule has 0 spiro atoms. The molecule has 0 aliphatic heterocycles. The molecule has 1 aliphatic rings. The number of aromatic carboxylic acids is 1. The summed E-state index contributed by atoms with van der Waals surface area (Å²) in [4.78, 5) is 15.8. The zero-order valence-electron chi connectivity index (χ0n) is 15.8. The first-order valence-electron chi connectivity index (χ1n) is 9.01. The molecule has 0 aromatic carbocycles. The van der Waals surface area contributed by atoms with E-state index in [2.05, 4.69) is 25.8 Å². The average molecular weight is 388 g/mol. The summed E-state index contributed by atoms with van der Waals surface area (Å²) in [7, 11) is 2.98. The number of hydrogen-bond donors (Lipinski definition) is 4. The maximum absolute atomic E-state index is 11.5. The number of nitrogens with one attached hydrogen (secondary N) is 2. The van der Waals surface area contributed by atoms with E-state index in [1.54, 1.807) is 18.2 Å². The van der Waals surface area contributed by atoms with Gasteiger partial charge < -0.3 is 30.9 Å². The van der Waals surface area contributed by atoms with Crippen LogP contribution in [-0.4, -0.2) is 52.6 Å². The number of pyridine rings is 1. The van der Waals surface area contributed by atoms with Crippen LogP contribution in [0.2, 0.25) is 0 Å². The Labute approximate surface area is 162 Å². The van der Waals surface area contributed by atoms with Crippen molar-refractivity contribution in [1.82, 2.24) is 15.2 Å². The van der Waals surface area contributed by atoms with Gasteiger partial charge in [0, 0.05) is 18.2 Å². The van der Waals surface area contributed by atoms with Crippen molar-refractivity contribution in [3.63, 3.8) is 0 Å². The summed E-state index contributed by atoms with van der Waals surface area (Å²) >= 11 is 0. The number of carbonyl (C=O) groups is 1. The lowest BCUT2D eigenvalue weighted by Gasteiger charge is -2.29. The molecule has 0 unspecified atom stereocenters. The molecule has 2 aromatic rings. The highest BCUT2D eigenvalue weighted by molar-refractivity contribution is 5.93. The molecule has 150 valence electrons. The Bertz CT molecular complexity index is 847. The van der Waals surface area contributed by atoms with E-state index >= 15 is 0 Å². The van der Waals surface area contributed by atoms with Crippen molar-refractivity contribution in [2.45, 2.75) is 37.8 Å². The number of hydrogen-bond acceptors (Lipinski definition) is 9. The lowest BCUT2D eigenvalue weighted by molar-refractivity contribution is 0.0690. The Morgan fingerprint density at radius 2 is 1.96 bits per heavy atom. The standard InChI is InChI=1S/C18H24N6O4/c1-27-13-7-8-14(22-17(13)28-2)21-12-9-15(23-24-16(12)18(25)26)20-11-6-4-3-5-10(11)19/h7-11H,3-6,19H2,1-2H3,(H,25,26)(H2,20,21,22,23)/t10-,11+/m0/s1. The normalized spacial score (nSPS) is 19.0. The van der Waals surface area contributed by atoms with Crippen LogP contribution in [0.3, 0.4) is 0 Å². The molecule has 0 saturated heterocycles. The maximum atomic E-state index is 11.5. The number of nitrogens with two attached hydrogens (primary N) is 1. The van der Waals surface area contributed by atoms with Gasteiger partial charge in [-0.05, 0) is 25.0 Å². The molecule has 1 saturated carbocycles. The fourth-order valence-corrected chi connectivity index (χ4v) is 3.18. The molecule has 1 fully saturated rings. The van der Waals surface area contributed by atoms with Gasteiger partial charge >= 0.3 is 5.97 Å². The third-order valence-corrected chi connectivity index (χ3v) is 4.65. The summed E-state index contributed by atoms with van der Waals surface area (Å²) in [6.07, 6.45) is 4.08. The van der Waals surface area contributed by atoms with Gasteiger partial charge in [0.25, 0.3) is 5.88 Å². The molecular formula is C18H24N6O4. The third-order valence-electron chi connectivity index (χ3n) is 4.65. The van der Waals surface area contributed by atoms with Gasteiger partial charge in [-0.25, -0.2) is 4.79 Å². The predicted molar refractivity (Wildman–Crippen MR) is 103 cm³/mol. The van der Waals surface area contributed by atoms with E-state index in [0.717, 1.165) is 25.7 Å². The molecule has 5 N–H and O–H groups in total. The van der Waals surface area contributed by atoms with Crippen LogP contribution < -0.4 is 25.8 Å². The number of aromatic nitrogens is 3. The monoisotopic (exact) mass is 388 g/mol. The fourth-order valence-electron chi connectivity index (χ4n) is 3.18. The van der Waals surface area contributed by atoms with Crippen molar-refractivity contribution in [3.05, 3.63) is 23.9 Å². The molecule has 2 atom stereocenters. The topological polar surface area (TPSA) is 145 Å². The van der Waals surface area contributed by atoms with Crippen molar-refractivity contribution < 1.29 is 19.4 Å². The van der Waals surface area contributed by atoms with E-state index in [1.165, 1.54) is 14.2 Å². The Kier molecular flexibility index (Phi) is 6.09. The van der Waals surface area contributed by atoms with Crippen LogP contribution in [0, 0.1) is 0 Å². The number of rotatable bonds is 7. The van der Waals surface area contributed by atoms with Gasteiger partial charge in [0.05, 0.1) is 19.9 Å². The molecule has 2 heterocycles. The van der Waals surface area contributed by atoms with Gasteiger partial charge in [-0.2, -0.15) is 4.98 Å². The van der Waals surface area contributed by atoms with Crippen molar-refractivity contribution in [1.29, 1.82) is 0 Å². The van der Waals surface area contributed by atoms with Gasteiger partial charge in [-0.3, -0.25) is 0 Å². The smallest absolute Gasteiger partial charge is 0.358 e. The fraction of sp³-hybridized carbons (Fsp3) is 0.444. The van der Waals surface area contributed by atoms with Gasteiger partial charge in [0.1, 0.15) is 5.82 Å². The minimum absolute atomic E-state index is 0.0265. The second-order valence-electron chi connectivity index (χ2n) is 6.53. The van der Waals surface area contributed by atoms with Crippen LogP contribution in [-0.2, 0) is 0 Å². The van der Waals surface area contributed by atoms with Gasteiger partial charge in [0.15, 0.2) is 17.3 Å². The van der Waals surface area contributed by atoms with Crippen molar-refractivity contribution in [2.75, 3.05) is 24.9 Å². The van der Waals surface area contributed by atoms with Crippen molar-refractivity contribution in [2.24, 2.45) is 5.73 Å². The zero-order chi connectivity index (χ0) is 20.1. The Balaban J connectivity index is 1.86. The molecule has 0 bridgehead atoms. The lowest BCUT2D eigenvalue weighted by atomic mass is 9.91. The highest BCUT2D eigenvalue weighted by atomic mass is 16.5. The van der Waals surface area contributed by atoms with E-state index in [4.69, 9.17) is 15.2 Å². The van der Waals surface area contributed by atoms with E-state index in [1.807, 2.05) is 0 Å². The second-order valence-corrected chi connectivity index (χ2v) is 6.53. The van der Waals surface area contributed by atoms with Crippen molar-refractivity contribution >= 4 is 23.3 Å². The SMILES string of the molecule is COc1ccc(Nc2cc(N[C@@H]3CCCC[C@@H]3N)nnc2C(=O)O)nc1OC. The molecule has 0 amide bonds. The van der Waals surface area contributed by atoms with Crippen LogP contribution in [0.4, 0.5) is 17.3 Å². The van der Waals surface area contributed by atoms with Gasteiger partial charge in [0.2, 0.25) is 0 Å². The summed E-state index contributed by atoms with van der Waals surface area (Å²) in [5.41, 5.74) is 6.22. The Morgan fingerprint density at radius 1 is 1.18 bits per heavy atom. The highest BCUT2D eigenvalue weighted by Gasteiger charge is 2.23. The Hall–Kier alpha value is -3.14. The number of anilines is 3. The van der Waals surface area contributed by atoms with Gasteiger partial charge in [-0.1, -0.05) is 12.8 Å². The number of carboxylic acids is 1. The minimum atomic E-state index is -1.20. The summed E-state index contributed by atoms with van der Waals surface area (Å²) in [5.74, 6) is 0.381. The summed E-state index contributed by atoms with van der Waals surface area (Å²) in [6, 6.07) is 5.02. The number of carboxylic acid groups (broad SMARTS) is 1. The van der Waals surface area contributed by atoms with Crippen molar-refractivity contribution in [3.8, 4) is 11.6 Å². The van der Waals surface area contributed by atoms with E-state index in [0.29, 0.717) is 17.4 Å². The first-order valence-corrected chi connectivity index (χ1v) is 9.01. The van der Waals surface area contributed by atoms with Crippen LogP contribution in [0.5, 0.6) is 11.6 Å². The molecule has 3 rings (SSSR count). The predicted octanol–water partition coefficient (Wildman–Crippen LogP) is 2.01.